The largest absolute Gasteiger partial charge is 1.00 e. The molecule has 0 N–H and O–H groups in total. The molecule has 0 aliphatic carbocycles. The van der Waals surface area contributed by atoms with Gasteiger partial charge in [-0.3, -0.25) is 0 Å². The van der Waals surface area contributed by atoms with E-state index in [0.717, 1.165) is 65.3 Å². The highest BCUT2D eigenvalue weighted by Crippen LogP contribution is 2.53. The minimum absolute atomic E-state index is 0. The first-order chi connectivity index (χ1) is 22.2. The minimum Gasteiger partial charge on any atom is -0.611 e. The Morgan fingerprint density at radius 2 is 0.533 bits per heavy atom. The van der Waals surface area contributed by atoms with Gasteiger partial charge >= 0.3 is 8.38 Å². The van der Waals surface area contributed by atoms with E-state index in [1.807, 2.05) is 24.3 Å². The van der Waals surface area contributed by atoms with Crippen molar-refractivity contribution in [2.45, 2.75) is 0 Å². The molecule has 45 heavy (non-hydrogen) atoms. The van der Waals surface area contributed by atoms with Crippen molar-refractivity contribution >= 4 is 50.0 Å². The lowest BCUT2D eigenvalue weighted by molar-refractivity contribution is 0.167. The first-order valence-electron chi connectivity index (χ1n) is 15.2. The van der Waals surface area contributed by atoms with Gasteiger partial charge in [-0.05, 0) is 67.4 Å². The summed E-state index contributed by atoms with van der Waals surface area (Å²) >= 11 is 0. The maximum Gasteiger partial charge on any atom is 1.00 e. The predicted molar refractivity (Wildman–Crippen MR) is 183 cm³/mol. The van der Waals surface area contributed by atoms with Crippen LogP contribution in [0, 0.1) is 0 Å². The summed E-state index contributed by atoms with van der Waals surface area (Å²) in [7, 11) is 0. The molecule has 8 aromatic carbocycles. The van der Waals surface area contributed by atoms with Gasteiger partial charge < -0.3 is 18.6 Å². The van der Waals surface area contributed by atoms with Gasteiger partial charge in [0, 0.05) is 22.3 Å². The molecule has 0 unspecified atom stereocenters. The van der Waals surface area contributed by atoms with E-state index in [0.29, 0.717) is 23.0 Å². The molecule has 0 aromatic heterocycles. The average molecular weight is 580 g/mol. The zero-order valence-corrected chi connectivity index (χ0v) is 24.1. The van der Waals surface area contributed by atoms with Crippen molar-refractivity contribution < 1.29 is 20.0 Å². The van der Waals surface area contributed by atoms with Crippen LogP contribution >= 0.6 is 0 Å². The second-order valence-electron chi connectivity index (χ2n) is 11.7. The summed E-state index contributed by atoms with van der Waals surface area (Å²) in [5.41, 5.74) is 3.81. The molecule has 0 atom stereocenters. The second-order valence-corrected chi connectivity index (χ2v) is 11.7. The molecule has 5 heteroatoms. The third-order valence-electron chi connectivity index (χ3n) is 9.15. The monoisotopic (exact) mass is 580 g/mol. The highest BCUT2D eigenvalue weighted by atomic mass is 16.9. The quantitative estimate of drug-likeness (QED) is 0.167. The average Bonchev–Trinajstić information content (AvgIpc) is 3.32. The molecule has 2 aliphatic heterocycles. The summed E-state index contributed by atoms with van der Waals surface area (Å²) in [6, 6.07) is 49.8. The summed E-state index contributed by atoms with van der Waals surface area (Å²) in [5, 5.41) is 8.70. The first kappa shape index (κ1) is 24.5. The molecule has 4 nitrogen and oxygen atoms in total. The van der Waals surface area contributed by atoms with Crippen LogP contribution in [0.4, 0.5) is 0 Å². The van der Waals surface area contributed by atoms with E-state index in [9.17, 15) is 0 Å². The van der Waals surface area contributed by atoms with Crippen LogP contribution in [0.25, 0.3) is 65.3 Å². The number of hydrogen-bond donors (Lipinski definition) is 0. The standard InChI is InChI=1S/C40H24BO4/c1-5-13-29-25(9-1)17-21-33-37(29)38-30-14-6-2-10-26(30)18-22-34(38)43-41(42-33)44-35-23-19-27-11-3-7-15-31(27)39(35)40-32-16-8-4-12-28(32)20-24-36(40)45-41/h1-24H/q-1/p+1. The summed E-state index contributed by atoms with van der Waals surface area (Å²) < 4.78 is 27.8. The maximum absolute atomic E-state index is 6.94. The van der Waals surface area contributed by atoms with Crippen LogP contribution in [0.5, 0.6) is 23.0 Å². The van der Waals surface area contributed by atoms with Crippen molar-refractivity contribution in [1.82, 2.24) is 0 Å². The van der Waals surface area contributed by atoms with E-state index in [1.165, 1.54) is 0 Å². The number of rotatable bonds is 0. The third-order valence-corrected chi connectivity index (χ3v) is 9.15. The number of benzene rings is 8. The van der Waals surface area contributed by atoms with E-state index < -0.39 is 6.96 Å². The van der Waals surface area contributed by atoms with Crippen LogP contribution in [-0.2, 0) is 0 Å². The predicted octanol–water partition coefficient (Wildman–Crippen LogP) is 10.4. The van der Waals surface area contributed by atoms with Crippen molar-refractivity contribution in [3.8, 4) is 45.3 Å². The molecule has 2 aliphatic rings. The molecular weight excluding hydrogens is 555 g/mol. The van der Waals surface area contributed by atoms with E-state index in [2.05, 4.69) is 121 Å². The van der Waals surface area contributed by atoms with Crippen LogP contribution < -0.4 is 18.6 Å². The lowest BCUT2D eigenvalue weighted by atomic mass is 9.92. The lowest BCUT2D eigenvalue weighted by Gasteiger charge is -2.39. The molecule has 0 saturated carbocycles. The fraction of sp³-hybridized carbons (Fsp3) is 0. The van der Waals surface area contributed by atoms with Crippen LogP contribution in [0.1, 0.15) is 1.43 Å². The molecule has 0 amide bonds. The first-order valence-corrected chi connectivity index (χ1v) is 15.2. The van der Waals surface area contributed by atoms with Gasteiger partial charge in [0.15, 0.2) is 0 Å². The fourth-order valence-electron chi connectivity index (χ4n) is 7.20. The van der Waals surface area contributed by atoms with Gasteiger partial charge in [-0.2, -0.15) is 0 Å². The summed E-state index contributed by atoms with van der Waals surface area (Å²) in [4.78, 5) is 0. The summed E-state index contributed by atoms with van der Waals surface area (Å²) in [6.07, 6.45) is 0. The Balaban J connectivity index is 0.00000292. The van der Waals surface area contributed by atoms with Gasteiger partial charge in [-0.1, -0.05) is 121 Å². The molecule has 8 aromatic rings. The van der Waals surface area contributed by atoms with E-state index in [4.69, 9.17) is 18.6 Å². The van der Waals surface area contributed by atoms with E-state index in [-0.39, 0.29) is 1.43 Å². The summed E-state index contributed by atoms with van der Waals surface area (Å²) in [5.74, 6) is 2.54. The molecule has 0 bridgehead atoms. The summed E-state index contributed by atoms with van der Waals surface area (Å²) in [6.45, 7) is -2.89. The molecule has 212 valence electrons. The Morgan fingerprint density at radius 3 is 0.800 bits per heavy atom. The molecule has 0 fully saturated rings. The molecule has 10 rings (SSSR count). The van der Waals surface area contributed by atoms with Gasteiger partial charge in [0.1, 0.15) is 0 Å². The van der Waals surface area contributed by atoms with Crippen molar-refractivity contribution in [2.24, 2.45) is 0 Å². The molecule has 2 heterocycles. The van der Waals surface area contributed by atoms with Crippen LogP contribution in [0.3, 0.4) is 0 Å². The topological polar surface area (TPSA) is 36.9 Å². The van der Waals surface area contributed by atoms with Crippen LogP contribution in [0.2, 0.25) is 0 Å². The van der Waals surface area contributed by atoms with Gasteiger partial charge in [-0.25, -0.2) is 0 Å². The number of hydrogen-bond acceptors (Lipinski definition) is 4. The fourth-order valence-corrected chi connectivity index (χ4v) is 7.20. The highest BCUT2D eigenvalue weighted by molar-refractivity contribution is 6.58. The van der Waals surface area contributed by atoms with Gasteiger partial charge in [0.2, 0.25) is 0 Å². The Morgan fingerprint density at radius 1 is 0.289 bits per heavy atom. The second kappa shape index (κ2) is 9.04. The lowest BCUT2D eigenvalue weighted by Crippen LogP contribution is -2.60. The Hall–Kier alpha value is -5.94. The molecule has 1 spiro atoms. The third kappa shape index (κ3) is 3.55. The Bertz CT molecular complexity index is 2170. The van der Waals surface area contributed by atoms with Crippen molar-refractivity contribution in [3.63, 3.8) is 0 Å². The molecule has 0 radical (unpaired) electrons. The van der Waals surface area contributed by atoms with Gasteiger partial charge in [0.05, 0.1) is 23.0 Å². The maximum atomic E-state index is 6.94. The highest BCUT2D eigenvalue weighted by Gasteiger charge is 2.48. The molecule has 0 saturated heterocycles. The smallest absolute Gasteiger partial charge is 0.611 e. The minimum atomic E-state index is -2.89. The van der Waals surface area contributed by atoms with Crippen molar-refractivity contribution in [1.29, 1.82) is 0 Å². The normalized spacial score (nSPS) is 14.2. The zero-order valence-electron chi connectivity index (χ0n) is 25.1. The van der Waals surface area contributed by atoms with Crippen LogP contribution in [-0.4, -0.2) is 6.96 Å². The Kier molecular flexibility index (Phi) is 4.92. The van der Waals surface area contributed by atoms with Crippen LogP contribution in [0.15, 0.2) is 146 Å². The molecular formula is C40H25BO4. The Labute approximate surface area is 260 Å². The van der Waals surface area contributed by atoms with Crippen molar-refractivity contribution in [2.75, 3.05) is 0 Å². The van der Waals surface area contributed by atoms with E-state index >= 15 is 0 Å². The van der Waals surface area contributed by atoms with Gasteiger partial charge in [-0.15, -0.1) is 0 Å². The van der Waals surface area contributed by atoms with Gasteiger partial charge in [0.25, 0.3) is 0 Å². The number of fused-ring (bicyclic) bond motifs is 14. The zero-order chi connectivity index (χ0) is 29.5. The van der Waals surface area contributed by atoms with Crippen molar-refractivity contribution in [3.05, 3.63) is 146 Å². The van der Waals surface area contributed by atoms with E-state index in [1.54, 1.807) is 0 Å². The SMILES string of the molecule is [H+].c1ccc2c3c(ccc2c1)O[B-]1(Oc2ccc4ccccc4c2-3)Oc2ccc3ccccc3c2-c2c(ccc3ccccc23)O1.